The number of hydrogen-bond acceptors (Lipinski definition) is 4. The average molecular weight is 304 g/mol. The molecule has 1 aromatic heterocycles. The highest BCUT2D eigenvalue weighted by molar-refractivity contribution is 7.89. The van der Waals surface area contributed by atoms with E-state index in [0.717, 1.165) is 11.3 Å². The third-order valence-corrected chi connectivity index (χ3v) is 4.72. The summed E-state index contributed by atoms with van der Waals surface area (Å²) in [5, 5.41) is 13.1. The fourth-order valence-electron chi connectivity index (χ4n) is 2.03. The Morgan fingerprint density at radius 2 is 2.10 bits per heavy atom. The summed E-state index contributed by atoms with van der Waals surface area (Å²) in [5.74, 6) is 0. The molecule has 0 radical (unpaired) electrons. The Hall–Kier alpha value is -2.17. The van der Waals surface area contributed by atoms with E-state index in [4.69, 9.17) is 5.26 Å². The number of benzene rings is 1. The summed E-state index contributed by atoms with van der Waals surface area (Å²) < 4.78 is 28.9. The van der Waals surface area contributed by atoms with Crippen LogP contribution in [0.25, 0.3) is 0 Å². The van der Waals surface area contributed by atoms with Crippen LogP contribution in [0.15, 0.2) is 29.3 Å². The highest BCUT2D eigenvalue weighted by Crippen LogP contribution is 2.17. The molecule has 0 spiro atoms. The molecule has 7 heteroatoms. The van der Waals surface area contributed by atoms with Crippen LogP contribution in [0.3, 0.4) is 0 Å². The molecule has 0 saturated heterocycles. The Morgan fingerprint density at radius 1 is 1.38 bits per heavy atom. The molecule has 21 heavy (non-hydrogen) atoms. The van der Waals surface area contributed by atoms with Crippen molar-refractivity contribution in [1.82, 2.24) is 14.5 Å². The van der Waals surface area contributed by atoms with Gasteiger partial charge in [-0.05, 0) is 31.5 Å². The van der Waals surface area contributed by atoms with Crippen LogP contribution >= 0.6 is 0 Å². The van der Waals surface area contributed by atoms with Gasteiger partial charge in [0.25, 0.3) is 0 Å². The normalized spacial score (nSPS) is 11.3. The number of rotatable bonds is 4. The third kappa shape index (κ3) is 3.29. The van der Waals surface area contributed by atoms with Crippen LogP contribution < -0.4 is 4.72 Å². The third-order valence-electron chi connectivity index (χ3n) is 3.17. The van der Waals surface area contributed by atoms with Crippen molar-refractivity contribution in [3.8, 4) is 6.07 Å². The predicted octanol–water partition coefficient (Wildman–Crippen LogP) is 1.39. The number of hydrogen-bond donors (Lipinski definition) is 1. The van der Waals surface area contributed by atoms with Crippen LogP contribution in [-0.2, 0) is 23.6 Å². The van der Waals surface area contributed by atoms with Crippen molar-refractivity contribution < 1.29 is 8.42 Å². The number of aromatic nitrogens is 2. The van der Waals surface area contributed by atoms with E-state index in [1.165, 1.54) is 6.07 Å². The summed E-state index contributed by atoms with van der Waals surface area (Å²) in [4.78, 5) is 0.128. The smallest absolute Gasteiger partial charge is 0.241 e. The van der Waals surface area contributed by atoms with E-state index < -0.39 is 10.0 Å². The first kappa shape index (κ1) is 15.2. The van der Waals surface area contributed by atoms with Gasteiger partial charge < -0.3 is 0 Å². The molecule has 1 heterocycles. The summed E-state index contributed by atoms with van der Waals surface area (Å²) in [5.41, 5.74) is 2.51. The largest absolute Gasteiger partial charge is 0.275 e. The zero-order valence-corrected chi connectivity index (χ0v) is 12.9. The summed E-state index contributed by atoms with van der Waals surface area (Å²) in [6, 6.07) is 6.55. The second-order valence-corrected chi connectivity index (χ2v) is 6.57. The first-order valence-electron chi connectivity index (χ1n) is 6.33. The molecule has 6 nitrogen and oxygen atoms in total. The van der Waals surface area contributed by atoms with Gasteiger partial charge in [0.2, 0.25) is 10.0 Å². The number of aryl methyl sites for hydroxylation is 3. The van der Waals surface area contributed by atoms with E-state index in [1.807, 2.05) is 13.0 Å². The highest BCUT2D eigenvalue weighted by Gasteiger charge is 2.18. The minimum Gasteiger partial charge on any atom is -0.275 e. The van der Waals surface area contributed by atoms with E-state index in [-0.39, 0.29) is 11.4 Å². The molecule has 0 aliphatic heterocycles. The van der Waals surface area contributed by atoms with Gasteiger partial charge in [-0.15, -0.1) is 0 Å². The van der Waals surface area contributed by atoms with Gasteiger partial charge in [-0.3, -0.25) is 4.68 Å². The van der Waals surface area contributed by atoms with Crippen LogP contribution in [0.2, 0.25) is 0 Å². The summed E-state index contributed by atoms with van der Waals surface area (Å²) in [6.45, 7) is 3.69. The molecule has 0 aliphatic carbocycles. The van der Waals surface area contributed by atoms with Crippen LogP contribution in [0, 0.1) is 25.2 Å². The Kier molecular flexibility index (Phi) is 4.11. The quantitative estimate of drug-likeness (QED) is 0.924. The van der Waals surface area contributed by atoms with Gasteiger partial charge in [0.05, 0.1) is 22.2 Å². The first-order chi connectivity index (χ1) is 9.83. The number of nitriles is 1. The Balaban J connectivity index is 2.27. The molecule has 2 aromatic rings. The minimum atomic E-state index is -3.67. The molecular weight excluding hydrogens is 288 g/mol. The lowest BCUT2D eigenvalue weighted by Crippen LogP contribution is -2.24. The van der Waals surface area contributed by atoms with Gasteiger partial charge in [-0.2, -0.15) is 10.4 Å². The van der Waals surface area contributed by atoms with Crippen molar-refractivity contribution in [3.05, 3.63) is 46.8 Å². The summed E-state index contributed by atoms with van der Waals surface area (Å²) in [6.07, 6.45) is 1.77. The van der Waals surface area contributed by atoms with Crippen LogP contribution in [0.4, 0.5) is 0 Å². The van der Waals surface area contributed by atoms with E-state index in [2.05, 4.69) is 9.82 Å². The van der Waals surface area contributed by atoms with E-state index in [1.54, 1.807) is 37.0 Å². The minimum absolute atomic E-state index is 0.128. The molecule has 0 bridgehead atoms. The van der Waals surface area contributed by atoms with Crippen molar-refractivity contribution in [1.29, 1.82) is 5.26 Å². The summed E-state index contributed by atoms with van der Waals surface area (Å²) in [7, 11) is -1.88. The molecule has 1 N–H and O–H groups in total. The van der Waals surface area contributed by atoms with Gasteiger partial charge in [-0.1, -0.05) is 6.07 Å². The molecule has 110 valence electrons. The van der Waals surface area contributed by atoms with Crippen LogP contribution in [-0.4, -0.2) is 18.2 Å². The Bertz CT molecular complexity index is 816. The molecular formula is C14H16N4O2S. The van der Waals surface area contributed by atoms with Crippen molar-refractivity contribution in [2.75, 3.05) is 0 Å². The standard InChI is InChI=1S/C14H16N4O2S/c1-10-4-5-12(7-15)6-14(10)21(19,20)16-8-13-9-18(3)17-11(13)2/h4-6,9,16H,8H2,1-3H3. The van der Waals surface area contributed by atoms with Gasteiger partial charge in [-0.25, -0.2) is 13.1 Å². The number of nitrogens with zero attached hydrogens (tertiary/aromatic N) is 3. The molecule has 2 rings (SSSR count). The Labute approximate surface area is 124 Å². The molecule has 0 atom stereocenters. The van der Waals surface area contributed by atoms with Crippen LogP contribution in [0.1, 0.15) is 22.4 Å². The van der Waals surface area contributed by atoms with Crippen molar-refractivity contribution in [2.45, 2.75) is 25.3 Å². The molecule has 0 unspecified atom stereocenters. The SMILES string of the molecule is Cc1ccc(C#N)cc1S(=O)(=O)NCc1cn(C)nc1C. The van der Waals surface area contributed by atoms with E-state index >= 15 is 0 Å². The van der Waals surface area contributed by atoms with Crippen molar-refractivity contribution >= 4 is 10.0 Å². The zero-order valence-electron chi connectivity index (χ0n) is 12.1. The molecule has 0 amide bonds. The van der Waals surface area contributed by atoms with Crippen molar-refractivity contribution in [3.63, 3.8) is 0 Å². The van der Waals surface area contributed by atoms with E-state index in [9.17, 15) is 8.42 Å². The van der Waals surface area contributed by atoms with Gasteiger partial charge in [0, 0.05) is 25.4 Å². The maximum atomic E-state index is 12.4. The lowest BCUT2D eigenvalue weighted by Gasteiger charge is -2.09. The first-order valence-corrected chi connectivity index (χ1v) is 7.81. The maximum absolute atomic E-state index is 12.4. The molecule has 1 aromatic carbocycles. The molecule has 0 saturated carbocycles. The average Bonchev–Trinajstić information content (AvgIpc) is 2.75. The topological polar surface area (TPSA) is 87.8 Å². The van der Waals surface area contributed by atoms with Crippen LogP contribution in [0.5, 0.6) is 0 Å². The zero-order chi connectivity index (χ0) is 15.6. The van der Waals surface area contributed by atoms with E-state index in [0.29, 0.717) is 11.1 Å². The van der Waals surface area contributed by atoms with Crippen molar-refractivity contribution in [2.24, 2.45) is 7.05 Å². The summed E-state index contributed by atoms with van der Waals surface area (Å²) >= 11 is 0. The number of sulfonamides is 1. The van der Waals surface area contributed by atoms with Gasteiger partial charge in [0.15, 0.2) is 0 Å². The second-order valence-electron chi connectivity index (χ2n) is 4.83. The molecule has 0 aliphatic rings. The number of nitrogens with one attached hydrogen (secondary N) is 1. The van der Waals surface area contributed by atoms with Gasteiger partial charge >= 0.3 is 0 Å². The van der Waals surface area contributed by atoms with Gasteiger partial charge in [0.1, 0.15) is 0 Å². The highest BCUT2D eigenvalue weighted by atomic mass is 32.2. The fraction of sp³-hybridized carbons (Fsp3) is 0.286. The fourth-order valence-corrected chi connectivity index (χ4v) is 3.31. The monoisotopic (exact) mass is 304 g/mol. The maximum Gasteiger partial charge on any atom is 0.241 e. The predicted molar refractivity (Wildman–Crippen MR) is 77.9 cm³/mol. The molecule has 0 fully saturated rings. The second kappa shape index (κ2) is 5.68. The lowest BCUT2D eigenvalue weighted by atomic mass is 10.2. The Morgan fingerprint density at radius 3 is 2.67 bits per heavy atom. The lowest BCUT2D eigenvalue weighted by molar-refractivity contribution is 0.580.